The van der Waals surface area contributed by atoms with E-state index in [1.807, 2.05) is 39.9 Å². The van der Waals surface area contributed by atoms with Crippen molar-refractivity contribution in [2.45, 2.75) is 68.1 Å². The van der Waals surface area contributed by atoms with Crippen molar-refractivity contribution >= 4 is 27.5 Å². The Kier molecular flexibility index (Phi) is 5.81. The second-order valence-corrected chi connectivity index (χ2v) is 12.0. The highest BCUT2D eigenvalue weighted by molar-refractivity contribution is 7.99. The molecule has 1 amide bonds. The van der Waals surface area contributed by atoms with E-state index in [-0.39, 0.29) is 35.2 Å². The number of sulfone groups is 1. The van der Waals surface area contributed by atoms with E-state index in [1.54, 1.807) is 0 Å². The van der Waals surface area contributed by atoms with Gasteiger partial charge in [0, 0.05) is 18.0 Å². The van der Waals surface area contributed by atoms with Crippen molar-refractivity contribution in [3.05, 3.63) is 36.2 Å². The smallest absolute Gasteiger partial charge is 0.233 e. The van der Waals surface area contributed by atoms with E-state index in [0.717, 1.165) is 50.0 Å². The van der Waals surface area contributed by atoms with Gasteiger partial charge in [-0.2, -0.15) is 0 Å². The van der Waals surface area contributed by atoms with Crippen LogP contribution in [-0.4, -0.2) is 63.3 Å². The third-order valence-electron chi connectivity index (χ3n) is 6.49. The Morgan fingerprint density at radius 3 is 2.45 bits per heavy atom. The van der Waals surface area contributed by atoms with Gasteiger partial charge in [0.15, 0.2) is 9.84 Å². The average molecular weight is 461 g/mol. The zero-order valence-corrected chi connectivity index (χ0v) is 19.2. The number of rotatable bonds is 7. The van der Waals surface area contributed by atoms with Crippen molar-refractivity contribution in [2.75, 3.05) is 17.3 Å². The maximum atomic E-state index is 13.3. The third-order valence-corrected chi connectivity index (χ3v) is 9.06. The highest BCUT2D eigenvalue weighted by Crippen LogP contribution is 2.40. The van der Waals surface area contributed by atoms with Gasteiger partial charge in [0.25, 0.3) is 0 Å². The van der Waals surface area contributed by atoms with Crippen LogP contribution in [0.1, 0.15) is 56.7 Å². The molecule has 1 aromatic heterocycles. The number of hydrogen-bond acceptors (Lipinski definition) is 6. The van der Waals surface area contributed by atoms with E-state index in [0.29, 0.717) is 17.5 Å². The summed E-state index contributed by atoms with van der Waals surface area (Å²) in [5.74, 6) is 1.97. The minimum Gasteiger partial charge on any atom is -0.335 e. The van der Waals surface area contributed by atoms with Crippen molar-refractivity contribution in [3.8, 4) is 5.69 Å². The van der Waals surface area contributed by atoms with Crippen LogP contribution >= 0.6 is 11.8 Å². The van der Waals surface area contributed by atoms with Gasteiger partial charge in [0.2, 0.25) is 11.1 Å². The fourth-order valence-corrected chi connectivity index (χ4v) is 7.22. The molecule has 1 saturated heterocycles. The highest BCUT2D eigenvalue weighted by Gasteiger charge is 2.39. The molecule has 1 aliphatic heterocycles. The molecule has 0 spiro atoms. The predicted octanol–water partition coefficient (Wildman–Crippen LogP) is 3.20. The summed E-state index contributed by atoms with van der Waals surface area (Å²) in [6.45, 7) is 0. The lowest BCUT2D eigenvalue weighted by atomic mass is 10.1. The Bertz CT molecular complexity index is 1040. The Morgan fingerprint density at radius 1 is 1.06 bits per heavy atom. The molecule has 1 atom stereocenters. The fraction of sp³-hybridized carbons (Fsp3) is 0.591. The van der Waals surface area contributed by atoms with E-state index < -0.39 is 9.84 Å². The van der Waals surface area contributed by atoms with E-state index in [4.69, 9.17) is 10.1 Å². The summed E-state index contributed by atoms with van der Waals surface area (Å²) >= 11 is 1.37. The molecule has 3 fully saturated rings. The third kappa shape index (κ3) is 4.67. The van der Waals surface area contributed by atoms with Gasteiger partial charge in [-0.15, -0.1) is 5.10 Å². The molecular formula is C22H28N4O3S2. The quantitative estimate of drug-likeness (QED) is 0.590. The number of aromatic nitrogens is 3. The first kappa shape index (κ1) is 21.0. The molecule has 2 saturated carbocycles. The van der Waals surface area contributed by atoms with Crippen LogP contribution in [0, 0.1) is 0 Å². The molecule has 1 aromatic carbocycles. The van der Waals surface area contributed by atoms with Crippen molar-refractivity contribution in [1.29, 1.82) is 0 Å². The van der Waals surface area contributed by atoms with E-state index in [1.165, 1.54) is 11.8 Å². The summed E-state index contributed by atoms with van der Waals surface area (Å²) in [6, 6.07) is 9.97. The maximum Gasteiger partial charge on any atom is 0.233 e. The van der Waals surface area contributed by atoms with Crippen LogP contribution in [0.4, 0.5) is 0 Å². The van der Waals surface area contributed by atoms with Gasteiger partial charge in [-0.05, 0) is 44.2 Å². The molecule has 0 radical (unpaired) electrons. The van der Waals surface area contributed by atoms with Crippen LogP contribution in [0.3, 0.4) is 0 Å². The zero-order chi connectivity index (χ0) is 21.4. The van der Waals surface area contributed by atoms with Crippen molar-refractivity contribution in [1.82, 2.24) is 19.7 Å². The molecule has 0 bridgehead atoms. The summed E-state index contributed by atoms with van der Waals surface area (Å²) in [5, 5.41) is 5.31. The molecular weight excluding hydrogens is 432 g/mol. The number of para-hydroxylation sites is 1. The molecule has 166 valence electrons. The number of nitrogens with zero attached hydrogens (tertiary/aromatic N) is 4. The number of hydrogen-bond donors (Lipinski definition) is 0. The van der Waals surface area contributed by atoms with Gasteiger partial charge in [-0.3, -0.25) is 4.79 Å². The Hall–Kier alpha value is -1.87. The Morgan fingerprint density at radius 2 is 1.81 bits per heavy atom. The number of carbonyl (C=O) groups is 1. The molecule has 7 nitrogen and oxygen atoms in total. The van der Waals surface area contributed by atoms with Crippen LogP contribution in [0.15, 0.2) is 35.5 Å². The maximum absolute atomic E-state index is 13.3. The number of amides is 1. The van der Waals surface area contributed by atoms with Gasteiger partial charge in [-0.25, -0.2) is 18.1 Å². The van der Waals surface area contributed by atoms with Crippen LogP contribution in [-0.2, 0) is 14.6 Å². The fourth-order valence-electron chi connectivity index (χ4n) is 4.81. The van der Waals surface area contributed by atoms with Crippen LogP contribution < -0.4 is 0 Å². The number of thioether (sulfide) groups is 1. The largest absolute Gasteiger partial charge is 0.335 e. The summed E-state index contributed by atoms with van der Waals surface area (Å²) in [6.07, 6.45) is 6.96. The summed E-state index contributed by atoms with van der Waals surface area (Å²) in [5.41, 5.74) is 0.985. The summed E-state index contributed by atoms with van der Waals surface area (Å²) in [7, 11) is -3.03. The first-order chi connectivity index (χ1) is 15.0. The lowest BCUT2D eigenvalue weighted by Crippen LogP contribution is -2.47. The summed E-state index contributed by atoms with van der Waals surface area (Å²) in [4.78, 5) is 19.9. The topological polar surface area (TPSA) is 85.2 Å². The van der Waals surface area contributed by atoms with E-state index in [9.17, 15) is 13.2 Å². The van der Waals surface area contributed by atoms with Crippen LogP contribution in [0.25, 0.3) is 5.69 Å². The molecule has 5 rings (SSSR count). The molecule has 2 aromatic rings. The minimum absolute atomic E-state index is 0.0167. The highest BCUT2D eigenvalue weighted by atomic mass is 32.2. The normalized spacial score (nSPS) is 23.3. The molecule has 3 aliphatic rings. The van der Waals surface area contributed by atoms with Gasteiger partial charge < -0.3 is 4.90 Å². The molecule has 2 heterocycles. The van der Waals surface area contributed by atoms with Gasteiger partial charge in [0.05, 0.1) is 22.9 Å². The van der Waals surface area contributed by atoms with E-state index >= 15 is 0 Å². The van der Waals surface area contributed by atoms with Crippen LogP contribution in [0.2, 0.25) is 0 Å². The minimum atomic E-state index is -3.03. The number of benzene rings is 1. The average Bonchev–Trinajstić information content (AvgIpc) is 3.13. The molecule has 0 N–H and O–H groups in total. The van der Waals surface area contributed by atoms with Gasteiger partial charge >= 0.3 is 0 Å². The zero-order valence-electron chi connectivity index (χ0n) is 17.5. The first-order valence-corrected chi connectivity index (χ1v) is 14.0. The second kappa shape index (κ2) is 8.58. The predicted molar refractivity (Wildman–Crippen MR) is 120 cm³/mol. The number of carbonyl (C=O) groups excluding carboxylic acids is 1. The van der Waals surface area contributed by atoms with Crippen molar-refractivity contribution in [2.24, 2.45) is 0 Å². The van der Waals surface area contributed by atoms with Crippen molar-refractivity contribution < 1.29 is 13.2 Å². The SMILES string of the molecule is O=C(CSc1nc(C2CC2)n(-c2ccccc2)n1)N(C1CCCC1)C1CCS(=O)(=O)C1. The van der Waals surface area contributed by atoms with Gasteiger partial charge in [0.1, 0.15) is 5.82 Å². The summed E-state index contributed by atoms with van der Waals surface area (Å²) < 4.78 is 26.0. The lowest BCUT2D eigenvalue weighted by Gasteiger charge is -2.34. The van der Waals surface area contributed by atoms with Crippen LogP contribution in [0.5, 0.6) is 0 Å². The first-order valence-electron chi connectivity index (χ1n) is 11.2. The Balaban J connectivity index is 1.32. The van der Waals surface area contributed by atoms with Gasteiger partial charge in [-0.1, -0.05) is 42.8 Å². The lowest BCUT2D eigenvalue weighted by molar-refractivity contribution is -0.132. The molecule has 2 aliphatic carbocycles. The monoisotopic (exact) mass is 460 g/mol. The van der Waals surface area contributed by atoms with Crippen molar-refractivity contribution in [3.63, 3.8) is 0 Å². The van der Waals surface area contributed by atoms with E-state index in [2.05, 4.69) is 0 Å². The second-order valence-electron chi connectivity index (χ2n) is 8.86. The molecule has 1 unspecified atom stereocenters. The standard InChI is InChI=1S/C22H28N4O3S2/c27-20(25(17-6-4-5-7-17)19-12-13-31(28,29)15-19)14-30-22-23-21(16-10-11-16)26(24-22)18-8-2-1-3-9-18/h1-3,8-9,16-17,19H,4-7,10-15H2. The molecule has 31 heavy (non-hydrogen) atoms. The Labute approximate surface area is 187 Å². The molecule has 9 heteroatoms.